The van der Waals surface area contributed by atoms with Gasteiger partial charge in [-0.05, 0) is 45.6 Å². The van der Waals surface area contributed by atoms with Crippen LogP contribution < -0.4 is 10.6 Å². The van der Waals surface area contributed by atoms with Crippen LogP contribution in [0.4, 0.5) is 4.79 Å². The van der Waals surface area contributed by atoms with Gasteiger partial charge >= 0.3 is 6.09 Å². The van der Waals surface area contributed by atoms with Crippen molar-refractivity contribution in [3.63, 3.8) is 0 Å². The molecule has 1 aliphatic rings. The zero-order valence-electron chi connectivity index (χ0n) is 13.6. The summed E-state index contributed by atoms with van der Waals surface area (Å²) in [5, 5.41) is 6.15. The van der Waals surface area contributed by atoms with E-state index in [1.807, 2.05) is 20.8 Å². The Bertz CT molecular complexity index is 279. The van der Waals surface area contributed by atoms with Gasteiger partial charge in [0.25, 0.3) is 0 Å². The predicted molar refractivity (Wildman–Crippen MR) is 82.8 cm³/mol. The first kappa shape index (κ1) is 17.3. The van der Waals surface area contributed by atoms with E-state index in [4.69, 9.17) is 4.74 Å². The lowest BCUT2D eigenvalue weighted by Crippen LogP contribution is -2.36. The lowest BCUT2D eigenvalue weighted by Gasteiger charge is -2.26. The number of carbonyl (C=O) groups excluding carboxylic acids is 1. The average molecular weight is 284 g/mol. The van der Waals surface area contributed by atoms with E-state index in [-0.39, 0.29) is 6.09 Å². The van der Waals surface area contributed by atoms with Crippen molar-refractivity contribution in [2.75, 3.05) is 19.6 Å². The number of amides is 1. The van der Waals surface area contributed by atoms with Gasteiger partial charge < -0.3 is 15.4 Å². The molecule has 0 aromatic rings. The molecule has 1 saturated carbocycles. The monoisotopic (exact) mass is 284 g/mol. The zero-order chi connectivity index (χ0) is 15.0. The van der Waals surface area contributed by atoms with Gasteiger partial charge in [0.1, 0.15) is 5.60 Å². The molecule has 4 nitrogen and oxygen atoms in total. The number of hydrogen-bond donors (Lipinski definition) is 2. The third-order valence-corrected chi connectivity index (χ3v) is 3.83. The minimum Gasteiger partial charge on any atom is -0.444 e. The highest BCUT2D eigenvalue weighted by Gasteiger charge is 2.17. The van der Waals surface area contributed by atoms with Crippen molar-refractivity contribution >= 4 is 6.09 Å². The Labute approximate surface area is 124 Å². The van der Waals surface area contributed by atoms with Crippen LogP contribution in [0.1, 0.15) is 59.8 Å². The number of ether oxygens (including phenoxy) is 1. The van der Waals surface area contributed by atoms with Crippen LogP contribution in [0.2, 0.25) is 0 Å². The van der Waals surface area contributed by atoms with Gasteiger partial charge in [-0.1, -0.05) is 32.6 Å². The summed E-state index contributed by atoms with van der Waals surface area (Å²) in [5.41, 5.74) is -0.421. The third-order valence-electron chi connectivity index (χ3n) is 3.83. The molecule has 1 amide bonds. The third kappa shape index (κ3) is 8.41. The first-order chi connectivity index (χ1) is 9.37. The van der Waals surface area contributed by atoms with Crippen LogP contribution in [-0.4, -0.2) is 31.3 Å². The SMILES string of the molecule is CC1CCC(CCNCCNC(=O)OC(C)(C)C)CC1. The van der Waals surface area contributed by atoms with Gasteiger partial charge in [0.15, 0.2) is 0 Å². The molecule has 2 N–H and O–H groups in total. The Morgan fingerprint density at radius 2 is 1.75 bits per heavy atom. The van der Waals surface area contributed by atoms with E-state index in [0.29, 0.717) is 6.54 Å². The van der Waals surface area contributed by atoms with Crippen molar-refractivity contribution in [1.29, 1.82) is 0 Å². The van der Waals surface area contributed by atoms with E-state index in [1.54, 1.807) is 0 Å². The van der Waals surface area contributed by atoms with Gasteiger partial charge in [0.2, 0.25) is 0 Å². The lowest BCUT2D eigenvalue weighted by molar-refractivity contribution is 0.0528. The minimum atomic E-state index is -0.421. The summed E-state index contributed by atoms with van der Waals surface area (Å²) in [6.07, 6.45) is 6.49. The summed E-state index contributed by atoms with van der Waals surface area (Å²) < 4.78 is 5.17. The molecule has 0 saturated heterocycles. The Kier molecular flexibility index (Phi) is 7.35. The minimum absolute atomic E-state index is 0.333. The number of carbonyl (C=O) groups is 1. The van der Waals surface area contributed by atoms with Crippen molar-refractivity contribution in [3.8, 4) is 0 Å². The first-order valence-corrected chi connectivity index (χ1v) is 8.04. The number of nitrogens with one attached hydrogen (secondary N) is 2. The quantitative estimate of drug-likeness (QED) is 0.736. The van der Waals surface area contributed by atoms with Crippen molar-refractivity contribution in [3.05, 3.63) is 0 Å². The van der Waals surface area contributed by atoms with Crippen LogP contribution in [0.25, 0.3) is 0 Å². The van der Waals surface area contributed by atoms with E-state index < -0.39 is 5.60 Å². The normalized spacial score (nSPS) is 23.4. The molecule has 1 aliphatic carbocycles. The molecule has 4 heteroatoms. The Morgan fingerprint density at radius 1 is 1.10 bits per heavy atom. The summed E-state index contributed by atoms with van der Waals surface area (Å²) >= 11 is 0. The second-order valence-electron chi connectivity index (χ2n) is 7.09. The van der Waals surface area contributed by atoms with Crippen molar-refractivity contribution < 1.29 is 9.53 Å². The molecule has 118 valence electrons. The molecule has 0 aliphatic heterocycles. The second-order valence-corrected chi connectivity index (χ2v) is 7.09. The summed E-state index contributed by atoms with van der Waals surface area (Å²) in [7, 11) is 0. The highest BCUT2D eigenvalue weighted by atomic mass is 16.6. The topological polar surface area (TPSA) is 50.4 Å². The Balaban J connectivity index is 1.93. The Morgan fingerprint density at radius 3 is 2.35 bits per heavy atom. The maximum Gasteiger partial charge on any atom is 0.407 e. The molecule has 0 spiro atoms. The lowest BCUT2D eigenvalue weighted by atomic mass is 9.81. The fourth-order valence-electron chi connectivity index (χ4n) is 2.62. The molecular formula is C16H32N2O2. The fourth-order valence-corrected chi connectivity index (χ4v) is 2.62. The number of hydrogen-bond acceptors (Lipinski definition) is 3. The van der Waals surface area contributed by atoms with Crippen LogP contribution in [-0.2, 0) is 4.74 Å². The van der Waals surface area contributed by atoms with Gasteiger partial charge in [0, 0.05) is 13.1 Å². The molecule has 0 aromatic carbocycles. The highest BCUT2D eigenvalue weighted by molar-refractivity contribution is 5.67. The molecule has 0 aromatic heterocycles. The maximum atomic E-state index is 11.4. The highest BCUT2D eigenvalue weighted by Crippen LogP contribution is 2.29. The van der Waals surface area contributed by atoms with Gasteiger partial charge in [-0.25, -0.2) is 4.79 Å². The molecule has 0 radical (unpaired) electrons. The van der Waals surface area contributed by atoms with Gasteiger partial charge in [-0.15, -0.1) is 0 Å². The van der Waals surface area contributed by atoms with Crippen LogP contribution in [0.3, 0.4) is 0 Å². The molecule has 0 unspecified atom stereocenters. The smallest absolute Gasteiger partial charge is 0.407 e. The largest absolute Gasteiger partial charge is 0.444 e. The van der Waals surface area contributed by atoms with Crippen molar-refractivity contribution in [2.24, 2.45) is 11.8 Å². The fraction of sp³-hybridized carbons (Fsp3) is 0.938. The molecule has 1 fully saturated rings. The average Bonchev–Trinajstić information content (AvgIpc) is 2.33. The van der Waals surface area contributed by atoms with Crippen LogP contribution >= 0.6 is 0 Å². The molecule has 0 bridgehead atoms. The van der Waals surface area contributed by atoms with E-state index in [0.717, 1.165) is 24.9 Å². The molecular weight excluding hydrogens is 252 g/mol. The summed E-state index contributed by atoms with van der Waals surface area (Å²) in [4.78, 5) is 11.4. The van der Waals surface area contributed by atoms with Crippen molar-refractivity contribution in [2.45, 2.75) is 65.4 Å². The van der Waals surface area contributed by atoms with E-state index in [2.05, 4.69) is 17.6 Å². The number of alkyl carbamates (subject to hydrolysis) is 1. The molecule has 0 heterocycles. The summed E-state index contributed by atoms with van der Waals surface area (Å²) in [6.45, 7) is 10.5. The van der Waals surface area contributed by atoms with E-state index in [9.17, 15) is 4.79 Å². The van der Waals surface area contributed by atoms with Gasteiger partial charge in [0.05, 0.1) is 0 Å². The summed E-state index contributed by atoms with van der Waals surface area (Å²) in [6, 6.07) is 0. The second kappa shape index (κ2) is 8.50. The predicted octanol–water partition coefficient (Wildman–Crippen LogP) is 3.32. The molecule has 1 rings (SSSR count). The molecule has 0 atom stereocenters. The molecule has 20 heavy (non-hydrogen) atoms. The first-order valence-electron chi connectivity index (χ1n) is 8.04. The number of rotatable bonds is 6. The maximum absolute atomic E-state index is 11.4. The van der Waals surface area contributed by atoms with E-state index >= 15 is 0 Å². The van der Waals surface area contributed by atoms with Gasteiger partial charge in [-0.2, -0.15) is 0 Å². The van der Waals surface area contributed by atoms with Crippen LogP contribution in [0.15, 0.2) is 0 Å². The van der Waals surface area contributed by atoms with Crippen molar-refractivity contribution in [1.82, 2.24) is 10.6 Å². The zero-order valence-corrected chi connectivity index (χ0v) is 13.6. The van der Waals surface area contributed by atoms with Crippen LogP contribution in [0.5, 0.6) is 0 Å². The van der Waals surface area contributed by atoms with E-state index in [1.165, 1.54) is 32.1 Å². The Hall–Kier alpha value is -0.770. The summed E-state index contributed by atoms with van der Waals surface area (Å²) in [5.74, 6) is 1.83. The van der Waals surface area contributed by atoms with Crippen LogP contribution in [0, 0.1) is 11.8 Å². The van der Waals surface area contributed by atoms with Gasteiger partial charge in [-0.3, -0.25) is 0 Å². The standard InChI is InChI=1S/C16H32N2O2/c1-13-5-7-14(8-6-13)9-10-17-11-12-18-15(19)20-16(2,3)4/h13-14,17H,5-12H2,1-4H3,(H,18,19).